The Kier molecular flexibility index (Phi) is 10.2. The molecule has 1 fully saturated rings. The molecule has 2 aromatic rings. The summed E-state index contributed by atoms with van der Waals surface area (Å²) in [7, 11) is 0. The molecular weight excluding hydrogens is 614 g/mol. The van der Waals surface area contributed by atoms with E-state index < -0.39 is 47.0 Å². The molecule has 17 heteroatoms. The summed E-state index contributed by atoms with van der Waals surface area (Å²) >= 11 is 2.37. The predicted octanol–water partition coefficient (Wildman–Crippen LogP) is 1.07. The van der Waals surface area contributed by atoms with Crippen LogP contribution in [0.5, 0.6) is 0 Å². The van der Waals surface area contributed by atoms with Gasteiger partial charge in [0, 0.05) is 28.8 Å². The summed E-state index contributed by atoms with van der Waals surface area (Å²) in [6, 6.07) is 4.45. The summed E-state index contributed by atoms with van der Waals surface area (Å²) in [5.41, 5.74) is -0.447. The van der Waals surface area contributed by atoms with Crippen molar-refractivity contribution in [3.8, 4) is 0 Å². The third-order valence-corrected chi connectivity index (χ3v) is 8.20. The van der Waals surface area contributed by atoms with Crippen LogP contribution in [0.2, 0.25) is 0 Å². The average Bonchev–Trinajstić information content (AvgIpc) is 3.42. The van der Waals surface area contributed by atoms with Crippen molar-refractivity contribution in [1.82, 2.24) is 20.5 Å². The van der Waals surface area contributed by atoms with Crippen molar-refractivity contribution < 1.29 is 43.2 Å². The van der Waals surface area contributed by atoms with Gasteiger partial charge in [0.2, 0.25) is 6.41 Å². The number of aliphatic carboxylic acids is 1. The van der Waals surface area contributed by atoms with Gasteiger partial charge in [0.25, 0.3) is 11.8 Å². The second-order valence-corrected chi connectivity index (χ2v) is 12.7. The number of thioether (sulfide) groups is 1. The summed E-state index contributed by atoms with van der Waals surface area (Å²) in [6.45, 7) is 7.08. The molecule has 4 N–H and O–H groups in total. The Hall–Kier alpha value is -4.51. The second kappa shape index (κ2) is 13.9. The molecule has 4 heterocycles. The van der Waals surface area contributed by atoms with Crippen molar-refractivity contribution in [3.05, 3.63) is 52.9 Å². The van der Waals surface area contributed by atoms with Gasteiger partial charge in [-0.3, -0.25) is 19.3 Å². The molecule has 0 bridgehead atoms. The Morgan fingerprint density at radius 2 is 2.00 bits per heavy atom. The number of carbonyl (C=O) groups excluding carboxylic acids is 4. The maximum Gasteiger partial charge on any atom is 0.407 e. The smallest absolute Gasteiger partial charge is 0.407 e. The Bertz CT molecular complexity index is 1490. The SMILES string of the molecule is CC(CNC(=O)OC(C)(C)C)ON=C(C(=O)NC1C(=O)N2C(C(=O)O)=C(C[n+]3ccccc3)CS[C@@H]12)c1csc(NC=O)n1. The van der Waals surface area contributed by atoms with Gasteiger partial charge >= 0.3 is 12.1 Å². The van der Waals surface area contributed by atoms with E-state index in [9.17, 15) is 29.1 Å². The van der Waals surface area contributed by atoms with E-state index in [0.717, 1.165) is 11.3 Å². The number of β-lactam (4-membered cyclic amide) rings is 1. The van der Waals surface area contributed by atoms with Gasteiger partial charge in [0.1, 0.15) is 34.5 Å². The highest BCUT2D eigenvalue weighted by molar-refractivity contribution is 8.00. The standard InChI is InChI=1S/C27H31N7O8S2/c1-15(10-28-26(40)41-27(2,3)4)42-32-18(17-13-44-25(30-17)29-14-35)21(36)31-19-22(37)34-20(24(38)39)16(12-43-23(19)34)11-33-8-6-5-7-9-33/h5-9,13-15,19,23H,10-12H2,1-4H3,(H3-,28,29,30,31,35,36,38,39,40)/p+1/t15?,19?,23-/m0/s1. The minimum atomic E-state index is -1.23. The molecule has 44 heavy (non-hydrogen) atoms. The van der Waals surface area contributed by atoms with E-state index in [1.54, 1.807) is 40.1 Å². The Morgan fingerprint density at radius 3 is 2.66 bits per heavy atom. The van der Waals surface area contributed by atoms with Crippen LogP contribution in [0.25, 0.3) is 0 Å². The lowest BCUT2D eigenvalue weighted by molar-refractivity contribution is -0.689. The van der Waals surface area contributed by atoms with Gasteiger partial charge < -0.3 is 30.6 Å². The van der Waals surface area contributed by atoms with Gasteiger partial charge in [-0.25, -0.2) is 19.1 Å². The molecule has 3 atom stereocenters. The molecule has 2 aromatic heterocycles. The third kappa shape index (κ3) is 7.90. The molecule has 4 rings (SSSR count). The maximum atomic E-state index is 13.4. The number of nitrogens with zero attached hydrogens (tertiary/aromatic N) is 4. The first-order valence-electron chi connectivity index (χ1n) is 13.4. The molecule has 2 aliphatic rings. The predicted molar refractivity (Wildman–Crippen MR) is 159 cm³/mol. The minimum Gasteiger partial charge on any atom is -0.477 e. The Morgan fingerprint density at radius 1 is 1.27 bits per heavy atom. The van der Waals surface area contributed by atoms with Crippen LogP contribution in [-0.4, -0.2) is 86.4 Å². The van der Waals surface area contributed by atoms with Crippen LogP contribution in [0, 0.1) is 0 Å². The van der Waals surface area contributed by atoms with Gasteiger partial charge in [0.05, 0.1) is 6.54 Å². The summed E-state index contributed by atoms with van der Waals surface area (Å²) < 4.78 is 7.01. The van der Waals surface area contributed by atoms with Crippen molar-refractivity contribution in [3.63, 3.8) is 0 Å². The number of pyridine rings is 1. The van der Waals surface area contributed by atoms with Crippen LogP contribution in [0.1, 0.15) is 33.4 Å². The lowest BCUT2D eigenvalue weighted by atomic mass is 10.0. The molecule has 15 nitrogen and oxygen atoms in total. The van der Waals surface area contributed by atoms with Crippen molar-refractivity contribution in [2.24, 2.45) is 5.16 Å². The Balaban J connectivity index is 1.48. The second-order valence-electron chi connectivity index (χ2n) is 10.7. The first kappa shape index (κ1) is 32.4. The van der Waals surface area contributed by atoms with Crippen LogP contribution < -0.4 is 20.5 Å². The summed E-state index contributed by atoms with van der Waals surface area (Å²) in [5, 5.41) is 22.5. The van der Waals surface area contributed by atoms with Gasteiger partial charge in [-0.15, -0.1) is 23.1 Å². The molecule has 0 aliphatic carbocycles. The van der Waals surface area contributed by atoms with Gasteiger partial charge in [0.15, 0.2) is 29.8 Å². The number of oxime groups is 1. The number of carboxylic acids is 1. The zero-order chi connectivity index (χ0) is 32.0. The zero-order valence-corrected chi connectivity index (χ0v) is 25.9. The molecule has 1 saturated heterocycles. The molecule has 4 amide bonds. The number of aromatic nitrogens is 2. The number of carboxylic acid groups (broad SMARTS) is 1. The fourth-order valence-corrected chi connectivity index (χ4v) is 6.19. The number of carbonyl (C=O) groups is 5. The van der Waals surface area contributed by atoms with Crippen LogP contribution in [0.3, 0.4) is 0 Å². The van der Waals surface area contributed by atoms with Crippen molar-refractivity contribution in [2.45, 2.75) is 57.4 Å². The quantitative estimate of drug-likeness (QED) is 0.0853. The molecule has 234 valence electrons. The minimum absolute atomic E-state index is 0.00497. The number of thiazole rings is 1. The summed E-state index contributed by atoms with van der Waals surface area (Å²) in [6.07, 6.45) is 2.68. The van der Waals surface area contributed by atoms with Crippen molar-refractivity contribution >= 4 is 64.2 Å². The number of alkyl carbamates (subject to hydrolysis) is 1. The number of fused-ring (bicyclic) bond motifs is 1. The molecule has 0 spiro atoms. The van der Waals surface area contributed by atoms with Gasteiger partial charge in [-0.2, -0.15) is 0 Å². The molecule has 0 saturated carbocycles. The van der Waals surface area contributed by atoms with E-state index in [0.29, 0.717) is 24.3 Å². The number of hydrogen-bond acceptors (Lipinski definition) is 11. The van der Waals surface area contributed by atoms with E-state index >= 15 is 0 Å². The van der Waals surface area contributed by atoms with Crippen LogP contribution in [0.4, 0.5) is 9.93 Å². The molecule has 0 radical (unpaired) electrons. The monoisotopic (exact) mass is 646 g/mol. The largest absolute Gasteiger partial charge is 0.477 e. The molecule has 2 unspecified atom stereocenters. The lowest BCUT2D eigenvalue weighted by Gasteiger charge is -2.49. The third-order valence-electron chi connectivity index (χ3n) is 6.09. The van der Waals surface area contributed by atoms with Crippen LogP contribution in [0.15, 0.2) is 52.4 Å². The number of nitrogens with one attached hydrogen (secondary N) is 3. The van der Waals surface area contributed by atoms with E-state index in [-0.39, 0.29) is 28.8 Å². The van der Waals surface area contributed by atoms with Crippen molar-refractivity contribution in [1.29, 1.82) is 0 Å². The molecule has 2 aliphatic heterocycles. The average molecular weight is 647 g/mol. The van der Waals surface area contributed by atoms with E-state index in [2.05, 4.69) is 26.1 Å². The highest BCUT2D eigenvalue weighted by Gasteiger charge is 2.54. The summed E-state index contributed by atoms with van der Waals surface area (Å²) in [5.74, 6) is -2.28. The maximum absolute atomic E-state index is 13.4. The van der Waals surface area contributed by atoms with Crippen LogP contribution in [-0.2, 0) is 35.3 Å². The first-order valence-corrected chi connectivity index (χ1v) is 15.3. The number of rotatable bonds is 12. The summed E-state index contributed by atoms with van der Waals surface area (Å²) in [4.78, 5) is 72.5. The Labute approximate surface area is 260 Å². The molecular formula is C27H32N7O8S2+. The first-order chi connectivity index (χ1) is 20.9. The number of hydrogen-bond donors (Lipinski definition) is 4. The number of ether oxygens (including phenoxy) is 1. The fourth-order valence-electron chi connectivity index (χ4n) is 4.20. The highest BCUT2D eigenvalue weighted by atomic mass is 32.2. The fraction of sp³-hybridized carbons (Fsp3) is 0.407. The molecule has 0 aromatic carbocycles. The van der Waals surface area contributed by atoms with E-state index in [4.69, 9.17) is 9.57 Å². The zero-order valence-electron chi connectivity index (χ0n) is 24.3. The van der Waals surface area contributed by atoms with E-state index in [1.165, 1.54) is 22.0 Å². The normalized spacial score (nSPS) is 18.9. The topological polar surface area (TPSA) is 192 Å². The van der Waals surface area contributed by atoms with E-state index in [1.807, 2.05) is 22.8 Å². The number of amides is 4. The highest BCUT2D eigenvalue weighted by Crippen LogP contribution is 2.40. The van der Waals surface area contributed by atoms with Crippen LogP contribution >= 0.6 is 23.1 Å². The van der Waals surface area contributed by atoms with Gasteiger partial charge in [-0.05, 0) is 27.7 Å². The lowest BCUT2D eigenvalue weighted by Crippen LogP contribution is -2.71. The van der Waals surface area contributed by atoms with Crippen molar-refractivity contribution in [2.75, 3.05) is 17.6 Å². The number of anilines is 1. The van der Waals surface area contributed by atoms with Gasteiger partial charge in [-0.1, -0.05) is 11.2 Å².